The largest absolute Gasteiger partial charge is 0.440 e. The maximum absolute atomic E-state index is 12.4. The molecule has 1 aromatic carbocycles. The molecular weight excluding hydrogens is 442 g/mol. The first kappa shape index (κ1) is 19.3. The Hall–Kier alpha value is -2.03. The van der Waals surface area contributed by atoms with Gasteiger partial charge in [0.1, 0.15) is 5.76 Å². The van der Waals surface area contributed by atoms with Crippen molar-refractivity contribution in [3.63, 3.8) is 0 Å². The van der Waals surface area contributed by atoms with Crippen LogP contribution in [0.3, 0.4) is 0 Å². The summed E-state index contributed by atoms with van der Waals surface area (Å²) >= 11 is 4.87. The fourth-order valence-corrected chi connectivity index (χ4v) is 4.38. The van der Waals surface area contributed by atoms with E-state index < -0.39 is 0 Å². The van der Waals surface area contributed by atoms with Crippen LogP contribution < -0.4 is 10.2 Å². The molecule has 146 valence electrons. The molecular formula is C20H20BrN3O3S. The van der Waals surface area contributed by atoms with Gasteiger partial charge >= 0.3 is 0 Å². The summed E-state index contributed by atoms with van der Waals surface area (Å²) in [6.45, 7) is 7.00. The van der Waals surface area contributed by atoms with E-state index in [4.69, 9.17) is 9.15 Å². The highest BCUT2D eigenvalue weighted by Crippen LogP contribution is 2.34. The van der Waals surface area contributed by atoms with E-state index >= 15 is 0 Å². The monoisotopic (exact) mass is 461 g/mol. The molecule has 2 aromatic rings. The summed E-state index contributed by atoms with van der Waals surface area (Å²) in [6, 6.07) is 7.84. The zero-order valence-electron chi connectivity index (χ0n) is 15.6. The number of furan rings is 1. The Labute approximate surface area is 176 Å². The highest BCUT2D eigenvalue weighted by atomic mass is 79.9. The van der Waals surface area contributed by atoms with Gasteiger partial charge in [0.15, 0.2) is 5.17 Å². The maximum atomic E-state index is 12.4. The van der Waals surface area contributed by atoms with Gasteiger partial charge < -0.3 is 19.4 Å². The minimum absolute atomic E-state index is 0.172. The van der Waals surface area contributed by atoms with E-state index in [1.54, 1.807) is 6.08 Å². The predicted molar refractivity (Wildman–Crippen MR) is 116 cm³/mol. The lowest BCUT2D eigenvalue weighted by molar-refractivity contribution is -0.115. The molecule has 0 saturated carbocycles. The molecule has 2 aliphatic heterocycles. The lowest BCUT2D eigenvalue weighted by atomic mass is 10.1. The van der Waals surface area contributed by atoms with Crippen LogP contribution in [0, 0.1) is 13.8 Å². The molecule has 6 nitrogen and oxygen atoms in total. The zero-order valence-corrected chi connectivity index (χ0v) is 18.0. The van der Waals surface area contributed by atoms with Crippen LogP contribution in [0.2, 0.25) is 0 Å². The Bertz CT molecular complexity index is 977. The van der Waals surface area contributed by atoms with Gasteiger partial charge in [-0.3, -0.25) is 4.79 Å². The van der Waals surface area contributed by atoms with E-state index in [9.17, 15) is 4.79 Å². The molecule has 2 saturated heterocycles. The molecule has 0 spiro atoms. The summed E-state index contributed by atoms with van der Waals surface area (Å²) in [5, 5.41) is 3.40. The minimum atomic E-state index is -0.172. The fourth-order valence-electron chi connectivity index (χ4n) is 3.01. The van der Waals surface area contributed by atoms with Crippen molar-refractivity contribution in [2.75, 3.05) is 31.2 Å². The number of ether oxygens (including phenoxy) is 1. The first-order valence-corrected chi connectivity index (χ1v) is 10.6. The first-order chi connectivity index (χ1) is 13.5. The van der Waals surface area contributed by atoms with Crippen molar-refractivity contribution in [1.82, 2.24) is 5.32 Å². The molecule has 0 atom stereocenters. The van der Waals surface area contributed by atoms with Crippen LogP contribution in [0.5, 0.6) is 0 Å². The Morgan fingerprint density at radius 1 is 1.29 bits per heavy atom. The molecule has 4 rings (SSSR count). The first-order valence-electron chi connectivity index (χ1n) is 8.99. The molecule has 0 bridgehead atoms. The number of carbonyl (C=O) groups excluding carboxylic acids is 1. The van der Waals surface area contributed by atoms with Crippen LogP contribution in [-0.2, 0) is 9.53 Å². The van der Waals surface area contributed by atoms with Gasteiger partial charge in [-0.25, -0.2) is 4.99 Å². The normalized spacial score (nSPS) is 20.2. The number of halogens is 1. The second-order valence-electron chi connectivity index (χ2n) is 6.60. The predicted octanol–water partition coefficient (Wildman–Crippen LogP) is 4.39. The van der Waals surface area contributed by atoms with Crippen molar-refractivity contribution in [2.24, 2.45) is 4.99 Å². The molecule has 1 N–H and O–H groups in total. The lowest BCUT2D eigenvalue weighted by Crippen LogP contribution is -2.36. The van der Waals surface area contributed by atoms with Crippen LogP contribution in [0.15, 0.2) is 43.1 Å². The molecule has 0 aliphatic carbocycles. The van der Waals surface area contributed by atoms with Gasteiger partial charge in [-0.1, -0.05) is 12.1 Å². The highest BCUT2D eigenvalue weighted by molar-refractivity contribution is 9.10. The van der Waals surface area contributed by atoms with Crippen molar-refractivity contribution in [3.05, 3.63) is 50.5 Å². The van der Waals surface area contributed by atoms with Crippen molar-refractivity contribution in [1.29, 1.82) is 0 Å². The molecule has 2 aliphatic rings. The molecule has 0 unspecified atom stereocenters. The molecule has 1 amide bonds. The van der Waals surface area contributed by atoms with E-state index in [-0.39, 0.29) is 5.91 Å². The Morgan fingerprint density at radius 3 is 2.86 bits per heavy atom. The molecule has 28 heavy (non-hydrogen) atoms. The van der Waals surface area contributed by atoms with Crippen LogP contribution in [0.25, 0.3) is 6.08 Å². The van der Waals surface area contributed by atoms with Gasteiger partial charge in [0.25, 0.3) is 5.91 Å². The van der Waals surface area contributed by atoms with Gasteiger partial charge in [-0.05, 0) is 58.7 Å². The van der Waals surface area contributed by atoms with Gasteiger partial charge in [0, 0.05) is 25.2 Å². The third-order valence-corrected chi connectivity index (χ3v) is 6.19. The topological polar surface area (TPSA) is 67.1 Å². The van der Waals surface area contributed by atoms with E-state index in [1.807, 2.05) is 38.1 Å². The number of benzene rings is 1. The van der Waals surface area contributed by atoms with Crippen LogP contribution in [0.4, 0.5) is 11.6 Å². The number of carbonyl (C=O) groups is 1. The molecule has 2 fully saturated rings. The second-order valence-corrected chi connectivity index (χ2v) is 8.49. The fraction of sp³-hybridized carbons (Fsp3) is 0.300. The van der Waals surface area contributed by atoms with Crippen molar-refractivity contribution in [2.45, 2.75) is 13.8 Å². The zero-order chi connectivity index (χ0) is 19.7. The number of nitrogens with one attached hydrogen (secondary N) is 1. The molecule has 1 aromatic heterocycles. The molecule has 3 heterocycles. The number of morpholine rings is 1. The van der Waals surface area contributed by atoms with Crippen molar-refractivity contribution >= 4 is 56.4 Å². The Kier molecular flexibility index (Phi) is 5.61. The third kappa shape index (κ3) is 4.04. The number of thioether (sulfide) groups is 1. The number of rotatable bonds is 3. The summed E-state index contributed by atoms with van der Waals surface area (Å²) < 4.78 is 12.2. The average molecular weight is 462 g/mol. The summed E-state index contributed by atoms with van der Waals surface area (Å²) in [5.74, 6) is 1.22. The number of aliphatic imine (C=N–C) groups is 1. The van der Waals surface area contributed by atoms with E-state index in [2.05, 4.69) is 31.1 Å². The highest BCUT2D eigenvalue weighted by Gasteiger charge is 2.25. The lowest BCUT2D eigenvalue weighted by Gasteiger charge is -2.26. The summed E-state index contributed by atoms with van der Waals surface area (Å²) in [5.41, 5.74) is 3.13. The van der Waals surface area contributed by atoms with Gasteiger partial charge in [0.2, 0.25) is 5.88 Å². The second kappa shape index (κ2) is 8.14. The number of aryl methyl sites for hydroxylation is 1. The number of amides is 1. The van der Waals surface area contributed by atoms with E-state index in [1.165, 1.54) is 17.3 Å². The van der Waals surface area contributed by atoms with Gasteiger partial charge in [-0.2, -0.15) is 0 Å². The number of anilines is 1. The number of amidine groups is 1. The summed E-state index contributed by atoms with van der Waals surface area (Å²) in [7, 11) is 0. The van der Waals surface area contributed by atoms with Crippen LogP contribution >= 0.6 is 27.7 Å². The Balaban J connectivity index is 1.55. The summed E-state index contributed by atoms with van der Waals surface area (Å²) in [4.78, 5) is 19.6. The number of hydrogen-bond acceptors (Lipinski definition) is 6. The number of hydrogen-bond donors (Lipinski definition) is 1. The van der Waals surface area contributed by atoms with Crippen LogP contribution in [0.1, 0.15) is 16.9 Å². The maximum Gasteiger partial charge on any atom is 0.264 e. The Morgan fingerprint density at radius 2 is 2.07 bits per heavy atom. The smallest absolute Gasteiger partial charge is 0.264 e. The SMILES string of the molecule is Cc1cccc(N=C2NC(=O)/C(=C/c3cc(Br)c(N4CCOCC4)o3)S2)c1C. The van der Waals surface area contributed by atoms with Crippen LogP contribution in [-0.4, -0.2) is 37.4 Å². The van der Waals surface area contributed by atoms with Crippen molar-refractivity contribution < 1.29 is 13.9 Å². The van der Waals surface area contributed by atoms with E-state index in [0.717, 1.165) is 34.7 Å². The van der Waals surface area contributed by atoms with Gasteiger partial charge in [-0.15, -0.1) is 0 Å². The average Bonchev–Trinajstić information content (AvgIpc) is 3.22. The third-order valence-electron chi connectivity index (χ3n) is 4.71. The van der Waals surface area contributed by atoms with Gasteiger partial charge in [0.05, 0.1) is 28.3 Å². The van der Waals surface area contributed by atoms with Crippen molar-refractivity contribution in [3.8, 4) is 0 Å². The number of nitrogens with zero attached hydrogens (tertiary/aromatic N) is 2. The minimum Gasteiger partial charge on any atom is -0.440 e. The molecule has 8 heteroatoms. The summed E-state index contributed by atoms with van der Waals surface area (Å²) in [6.07, 6.45) is 1.75. The molecule has 0 radical (unpaired) electrons. The quantitative estimate of drug-likeness (QED) is 0.686. The van der Waals surface area contributed by atoms with E-state index in [0.29, 0.717) is 29.0 Å². The standard InChI is InChI=1S/C20H20BrN3O3S/c1-12-4-3-5-16(13(12)2)22-20-23-18(25)17(28-20)11-14-10-15(21)19(27-14)24-6-8-26-9-7-24/h3-5,10-11H,6-9H2,1-2H3,(H,22,23,25)/b17-11-.